The molecule has 8 heteroatoms. The Kier molecular flexibility index (Phi) is 3.42. The molecule has 0 unspecified atom stereocenters. The van der Waals surface area contributed by atoms with Gasteiger partial charge in [-0.15, -0.1) is 13.2 Å². The molecule has 0 aliphatic heterocycles. The van der Waals surface area contributed by atoms with E-state index in [1.165, 1.54) is 6.07 Å². The highest BCUT2D eigenvalue weighted by Gasteiger charge is 2.33. The van der Waals surface area contributed by atoms with Crippen molar-refractivity contribution in [3.63, 3.8) is 0 Å². The quantitative estimate of drug-likeness (QED) is 0.748. The maximum atomic E-state index is 11.9. The molecule has 0 N–H and O–H groups in total. The number of halogens is 5. The van der Waals surface area contributed by atoms with Gasteiger partial charge < -0.3 is 4.74 Å². The maximum Gasteiger partial charge on any atom is 0.573 e. The van der Waals surface area contributed by atoms with Crippen LogP contribution in [-0.4, -0.2) is 11.3 Å². The average molecular weight is 301 g/mol. The molecule has 0 bridgehead atoms. The Morgan fingerprint density at radius 1 is 1.53 bits per heavy atom. The first-order chi connectivity index (χ1) is 6.83. The van der Waals surface area contributed by atoms with Gasteiger partial charge in [-0.1, -0.05) is 11.6 Å². The largest absolute Gasteiger partial charge is 0.573 e. The van der Waals surface area contributed by atoms with Crippen molar-refractivity contribution in [3.8, 4) is 11.8 Å². The van der Waals surface area contributed by atoms with Crippen molar-refractivity contribution in [1.82, 2.24) is 4.98 Å². The van der Waals surface area contributed by atoms with Crippen LogP contribution in [0.5, 0.6) is 5.75 Å². The number of ether oxygens (including phenoxy) is 1. The normalized spacial score (nSPS) is 10.9. The van der Waals surface area contributed by atoms with E-state index in [4.69, 9.17) is 16.9 Å². The number of rotatable bonds is 1. The number of nitrogens with zero attached hydrogens (tertiary/aromatic N) is 2. The highest BCUT2D eigenvalue weighted by atomic mass is 79.9. The first-order valence-corrected chi connectivity index (χ1v) is 4.52. The van der Waals surface area contributed by atoms with E-state index in [1.54, 1.807) is 0 Å². The van der Waals surface area contributed by atoms with E-state index in [0.717, 1.165) is 6.07 Å². The maximum absolute atomic E-state index is 11.9. The van der Waals surface area contributed by atoms with Crippen molar-refractivity contribution in [2.24, 2.45) is 0 Å². The van der Waals surface area contributed by atoms with Gasteiger partial charge in [-0.3, -0.25) is 0 Å². The smallest absolute Gasteiger partial charge is 0.401 e. The Morgan fingerprint density at radius 2 is 2.13 bits per heavy atom. The van der Waals surface area contributed by atoms with Crippen molar-refractivity contribution in [2.45, 2.75) is 6.36 Å². The standard InChI is InChI=1S/C7HBrClF3N2O/c8-5-1-3(9)6(4(2-13)14-5)15-7(10,11)12/h1H. The lowest BCUT2D eigenvalue weighted by Gasteiger charge is -2.11. The summed E-state index contributed by atoms with van der Waals surface area (Å²) in [6.07, 6.45) is -4.91. The van der Waals surface area contributed by atoms with E-state index < -0.39 is 17.8 Å². The average Bonchev–Trinajstić information content (AvgIpc) is 2.07. The van der Waals surface area contributed by atoms with Crippen LogP contribution >= 0.6 is 27.5 Å². The van der Waals surface area contributed by atoms with Crippen molar-refractivity contribution in [3.05, 3.63) is 21.4 Å². The zero-order chi connectivity index (χ0) is 11.6. The fourth-order valence-corrected chi connectivity index (χ4v) is 1.53. The van der Waals surface area contributed by atoms with Crippen molar-refractivity contribution in [2.75, 3.05) is 0 Å². The molecule has 1 aromatic heterocycles. The summed E-state index contributed by atoms with van der Waals surface area (Å²) in [5.74, 6) is -0.796. The molecule has 0 saturated heterocycles. The molecule has 80 valence electrons. The molecule has 0 spiro atoms. The molecule has 0 amide bonds. The Labute approximate surface area is 95.6 Å². The molecule has 0 saturated carbocycles. The Morgan fingerprint density at radius 3 is 2.60 bits per heavy atom. The molecule has 0 atom stereocenters. The molecule has 0 aromatic carbocycles. The number of hydrogen-bond acceptors (Lipinski definition) is 3. The van der Waals surface area contributed by atoms with Crippen LogP contribution in [0.2, 0.25) is 5.02 Å². The molecule has 1 rings (SSSR count). The van der Waals surface area contributed by atoms with Crippen LogP contribution in [0.1, 0.15) is 5.69 Å². The summed E-state index contributed by atoms with van der Waals surface area (Å²) in [5.41, 5.74) is -0.535. The lowest BCUT2D eigenvalue weighted by molar-refractivity contribution is -0.274. The molecular weight excluding hydrogens is 300 g/mol. The molecule has 1 aromatic rings. The summed E-state index contributed by atoms with van der Waals surface area (Å²) < 4.78 is 39.4. The van der Waals surface area contributed by atoms with Crippen LogP contribution in [0.3, 0.4) is 0 Å². The molecule has 0 aliphatic carbocycles. The molecule has 15 heavy (non-hydrogen) atoms. The van der Waals surface area contributed by atoms with Crippen molar-refractivity contribution < 1.29 is 17.9 Å². The summed E-state index contributed by atoms with van der Waals surface area (Å²) in [6.45, 7) is 0. The molecule has 0 aliphatic rings. The molecule has 1 heterocycles. The van der Waals surface area contributed by atoms with Gasteiger partial charge >= 0.3 is 6.36 Å². The summed E-state index contributed by atoms with van der Waals surface area (Å²) in [4.78, 5) is 3.48. The predicted octanol–water partition coefficient (Wildman–Crippen LogP) is 3.27. The van der Waals surface area contributed by atoms with E-state index >= 15 is 0 Å². The number of alkyl halides is 3. The minimum absolute atomic E-state index is 0.151. The van der Waals surface area contributed by atoms with Gasteiger partial charge in [-0.25, -0.2) is 4.98 Å². The Hall–Kier alpha value is -1.00. The van der Waals surface area contributed by atoms with Gasteiger partial charge in [0, 0.05) is 0 Å². The van der Waals surface area contributed by atoms with Gasteiger partial charge in [0.15, 0.2) is 11.4 Å². The summed E-state index contributed by atoms with van der Waals surface area (Å²) in [5, 5.41) is 8.18. The van der Waals surface area contributed by atoms with Crippen LogP contribution < -0.4 is 4.74 Å². The third-order valence-corrected chi connectivity index (χ3v) is 1.91. The summed E-state index contributed by atoms with van der Waals surface area (Å²) >= 11 is 8.36. The first kappa shape index (κ1) is 12.1. The summed E-state index contributed by atoms with van der Waals surface area (Å²) in [7, 11) is 0. The lowest BCUT2D eigenvalue weighted by Crippen LogP contribution is -2.18. The van der Waals surface area contributed by atoms with Gasteiger partial charge in [-0.2, -0.15) is 5.26 Å². The predicted molar refractivity (Wildman–Crippen MR) is 48.3 cm³/mol. The molecule has 0 radical (unpaired) electrons. The zero-order valence-electron chi connectivity index (χ0n) is 6.77. The van der Waals surface area contributed by atoms with Crippen LogP contribution in [0.4, 0.5) is 13.2 Å². The third kappa shape index (κ3) is 3.25. The fourth-order valence-electron chi connectivity index (χ4n) is 0.762. The minimum atomic E-state index is -4.91. The number of aromatic nitrogens is 1. The second kappa shape index (κ2) is 4.24. The van der Waals surface area contributed by atoms with E-state index in [1.807, 2.05) is 0 Å². The van der Waals surface area contributed by atoms with Gasteiger partial charge in [0.25, 0.3) is 0 Å². The highest BCUT2D eigenvalue weighted by molar-refractivity contribution is 9.10. The van der Waals surface area contributed by atoms with Crippen LogP contribution in [-0.2, 0) is 0 Å². The van der Waals surface area contributed by atoms with Crippen LogP contribution in [0.15, 0.2) is 10.7 Å². The van der Waals surface area contributed by atoms with Crippen molar-refractivity contribution >= 4 is 27.5 Å². The Bertz CT molecular complexity index is 429. The molecule has 3 nitrogen and oxygen atoms in total. The Balaban J connectivity index is 3.23. The van der Waals surface area contributed by atoms with Crippen molar-refractivity contribution in [1.29, 1.82) is 5.26 Å². The second-order valence-electron chi connectivity index (χ2n) is 2.26. The van der Waals surface area contributed by atoms with E-state index in [2.05, 4.69) is 25.7 Å². The number of nitriles is 1. The van der Waals surface area contributed by atoms with Gasteiger partial charge in [0.05, 0.1) is 5.02 Å². The minimum Gasteiger partial charge on any atom is -0.401 e. The first-order valence-electron chi connectivity index (χ1n) is 3.35. The monoisotopic (exact) mass is 300 g/mol. The lowest BCUT2D eigenvalue weighted by atomic mass is 10.3. The highest BCUT2D eigenvalue weighted by Crippen LogP contribution is 2.33. The fraction of sp³-hybridized carbons (Fsp3) is 0.143. The van der Waals surface area contributed by atoms with Gasteiger partial charge in [-0.05, 0) is 22.0 Å². The zero-order valence-corrected chi connectivity index (χ0v) is 9.11. The number of hydrogen-bond donors (Lipinski definition) is 0. The summed E-state index contributed by atoms with van der Waals surface area (Å²) in [6, 6.07) is 2.55. The third-order valence-electron chi connectivity index (χ3n) is 1.22. The number of pyridine rings is 1. The SMILES string of the molecule is N#Cc1nc(Br)cc(Cl)c1OC(F)(F)F. The molecule has 0 fully saturated rings. The van der Waals surface area contributed by atoms with Gasteiger partial charge in [0.2, 0.25) is 0 Å². The van der Waals surface area contributed by atoms with Crippen LogP contribution in [0.25, 0.3) is 0 Å². The topological polar surface area (TPSA) is 45.9 Å². The van der Waals surface area contributed by atoms with E-state index in [-0.39, 0.29) is 9.63 Å². The van der Waals surface area contributed by atoms with E-state index in [9.17, 15) is 13.2 Å². The second-order valence-corrected chi connectivity index (χ2v) is 3.48. The van der Waals surface area contributed by atoms with E-state index in [0.29, 0.717) is 0 Å². The van der Waals surface area contributed by atoms with Crippen LogP contribution in [0, 0.1) is 11.3 Å². The molecular formula is C7HBrClF3N2O. The van der Waals surface area contributed by atoms with Gasteiger partial charge in [0.1, 0.15) is 10.7 Å².